The molecule has 6 fully saturated rings. The van der Waals surface area contributed by atoms with Gasteiger partial charge in [0.2, 0.25) is 11.8 Å². The highest BCUT2D eigenvalue weighted by Gasteiger charge is 2.57. The number of aliphatic hydroxyl groups excluding tert-OH is 2. The predicted octanol–water partition coefficient (Wildman–Crippen LogP) is 3.86. The van der Waals surface area contributed by atoms with E-state index in [0.717, 1.165) is 75.6 Å². The number of aliphatic hydroxyl groups is 2. The highest BCUT2D eigenvalue weighted by atomic mass is 16.7. The van der Waals surface area contributed by atoms with Gasteiger partial charge in [0.25, 0.3) is 0 Å². The van der Waals surface area contributed by atoms with Crippen LogP contribution in [0.2, 0.25) is 0 Å². The normalized spacial score (nSPS) is 33.9. The summed E-state index contributed by atoms with van der Waals surface area (Å²) in [6.45, 7) is 10.5. The van der Waals surface area contributed by atoms with Crippen LogP contribution in [-0.4, -0.2) is 88.6 Å². The Balaban J connectivity index is 1.17. The number of nitrogens with zero attached hydrogens (tertiary/aromatic N) is 2. The monoisotopic (exact) mass is 662 g/mol. The lowest BCUT2D eigenvalue weighted by Crippen LogP contribution is -2.62. The summed E-state index contributed by atoms with van der Waals surface area (Å²) >= 11 is 0. The third-order valence-corrected chi connectivity index (χ3v) is 12.9. The highest BCUT2D eigenvalue weighted by Crippen LogP contribution is 2.61. The first-order valence-electron chi connectivity index (χ1n) is 18.6. The number of piperidine rings is 1. The standard InChI is InChI=1S/C39H58N4O5/c1-25-31-21-30(38(31,3)4)22-32(25)40-37(47)35-34(26(2)45)33(24-44)48-43(35)23-28-11-9-10-27(20-28)12-17-39(15-7-6-8-16-39)41-36(46)29-13-18-42(5)19-14-29/h9-11,20,25-26,29-35,44-45H,6-8,13-16,18-19,21-24H2,1-5H3,(H,40,47)(H,41,46)/t25?,26-,30?,31-,32-,33-,34+,35-/m0/s1. The molecule has 0 aromatic heterocycles. The summed E-state index contributed by atoms with van der Waals surface area (Å²) in [6, 6.07) is 7.30. The zero-order valence-corrected chi connectivity index (χ0v) is 29.7. The van der Waals surface area contributed by atoms with Crippen molar-refractivity contribution in [2.75, 3.05) is 26.7 Å². The molecule has 264 valence electrons. The molecule has 4 N–H and O–H groups in total. The Morgan fingerprint density at radius 3 is 2.48 bits per heavy atom. The molecule has 7 rings (SSSR count). The third-order valence-electron chi connectivity index (χ3n) is 12.9. The number of hydrogen-bond acceptors (Lipinski definition) is 7. The van der Waals surface area contributed by atoms with E-state index < -0.39 is 29.7 Å². The van der Waals surface area contributed by atoms with E-state index in [2.05, 4.69) is 55.2 Å². The Morgan fingerprint density at radius 2 is 1.83 bits per heavy atom. The SMILES string of the molecule is CC1[C@@H](NC(=O)[C@@H]2[C@H]([C@H](C)O)[C@H](CO)ON2Cc2cccc(C#CC3(NC(=O)C4CCN(C)CC4)CCCCC3)c2)CC2C[C@@H]1C2(C)C. The molecule has 6 aliphatic rings. The number of rotatable bonds is 8. The molecule has 2 amide bonds. The molecule has 48 heavy (non-hydrogen) atoms. The highest BCUT2D eigenvalue weighted by molar-refractivity contribution is 5.83. The van der Waals surface area contributed by atoms with E-state index in [1.165, 1.54) is 6.42 Å². The molecule has 9 heteroatoms. The number of likely N-dealkylation sites (tertiary alicyclic amines) is 1. The summed E-state index contributed by atoms with van der Waals surface area (Å²) in [6.07, 6.45) is 7.42. The second-order valence-corrected chi connectivity index (χ2v) is 16.4. The molecule has 2 heterocycles. The van der Waals surface area contributed by atoms with Crippen LogP contribution in [-0.2, 0) is 21.0 Å². The third kappa shape index (κ3) is 7.20. The first-order chi connectivity index (χ1) is 22.9. The van der Waals surface area contributed by atoms with Gasteiger partial charge in [-0.1, -0.05) is 64.0 Å². The summed E-state index contributed by atoms with van der Waals surface area (Å²) in [5, 5.41) is 29.4. The van der Waals surface area contributed by atoms with Crippen LogP contribution in [0.5, 0.6) is 0 Å². The first-order valence-corrected chi connectivity index (χ1v) is 18.6. The van der Waals surface area contributed by atoms with Gasteiger partial charge in [0.1, 0.15) is 17.7 Å². The molecule has 8 atom stereocenters. The lowest BCUT2D eigenvalue weighted by Gasteiger charge is -2.62. The van der Waals surface area contributed by atoms with Crippen molar-refractivity contribution in [2.45, 2.75) is 122 Å². The molecule has 2 bridgehead atoms. The maximum Gasteiger partial charge on any atom is 0.240 e. The van der Waals surface area contributed by atoms with E-state index in [1.807, 2.05) is 24.3 Å². The molecule has 1 aromatic rings. The minimum Gasteiger partial charge on any atom is -0.394 e. The zero-order chi connectivity index (χ0) is 34.2. The zero-order valence-electron chi connectivity index (χ0n) is 29.7. The van der Waals surface area contributed by atoms with E-state index in [9.17, 15) is 19.8 Å². The maximum absolute atomic E-state index is 14.0. The molecule has 1 aromatic carbocycles. The van der Waals surface area contributed by atoms with Crippen molar-refractivity contribution in [2.24, 2.45) is 35.0 Å². The van der Waals surface area contributed by atoms with Gasteiger partial charge in [-0.2, -0.15) is 5.06 Å². The minimum atomic E-state index is -0.840. The van der Waals surface area contributed by atoms with Crippen molar-refractivity contribution in [1.82, 2.24) is 20.6 Å². The molecule has 2 unspecified atom stereocenters. The van der Waals surface area contributed by atoms with E-state index in [-0.39, 0.29) is 30.4 Å². The van der Waals surface area contributed by atoms with Crippen molar-refractivity contribution in [3.63, 3.8) is 0 Å². The van der Waals surface area contributed by atoms with Crippen LogP contribution in [0.4, 0.5) is 0 Å². The number of carbonyl (C=O) groups is 2. The topological polar surface area (TPSA) is 114 Å². The van der Waals surface area contributed by atoms with E-state index in [0.29, 0.717) is 29.7 Å². The van der Waals surface area contributed by atoms with Gasteiger partial charge in [0.15, 0.2) is 0 Å². The predicted molar refractivity (Wildman–Crippen MR) is 185 cm³/mol. The fraction of sp³-hybridized carbons (Fsp3) is 0.744. The van der Waals surface area contributed by atoms with E-state index >= 15 is 0 Å². The largest absolute Gasteiger partial charge is 0.394 e. The van der Waals surface area contributed by atoms with Crippen LogP contribution in [0.25, 0.3) is 0 Å². The average Bonchev–Trinajstić information content (AvgIpc) is 3.44. The fourth-order valence-corrected chi connectivity index (χ4v) is 9.65. The second-order valence-electron chi connectivity index (χ2n) is 16.4. The van der Waals surface area contributed by atoms with E-state index in [4.69, 9.17) is 4.84 Å². The van der Waals surface area contributed by atoms with Crippen molar-refractivity contribution < 1.29 is 24.6 Å². The first kappa shape index (κ1) is 35.3. The van der Waals surface area contributed by atoms with Crippen molar-refractivity contribution in [3.05, 3.63) is 35.4 Å². The molecular weight excluding hydrogens is 604 g/mol. The van der Waals surface area contributed by atoms with Gasteiger partial charge in [0.05, 0.1) is 19.3 Å². The van der Waals surface area contributed by atoms with Gasteiger partial charge in [-0.15, -0.1) is 0 Å². The van der Waals surface area contributed by atoms with Crippen molar-refractivity contribution in [1.29, 1.82) is 0 Å². The maximum atomic E-state index is 14.0. The lowest BCUT2D eigenvalue weighted by molar-refractivity contribution is -0.183. The smallest absolute Gasteiger partial charge is 0.240 e. The molecule has 2 aliphatic heterocycles. The minimum absolute atomic E-state index is 0.0443. The van der Waals surface area contributed by atoms with Crippen LogP contribution in [0.15, 0.2) is 24.3 Å². The molecule has 4 saturated carbocycles. The number of hydroxylamine groups is 2. The van der Waals surface area contributed by atoms with Crippen LogP contribution in [0.3, 0.4) is 0 Å². The number of carbonyl (C=O) groups excluding carboxylic acids is 2. The van der Waals surface area contributed by atoms with Gasteiger partial charge in [-0.05, 0) is 106 Å². The van der Waals surface area contributed by atoms with Gasteiger partial charge in [-0.25, -0.2) is 0 Å². The van der Waals surface area contributed by atoms with Crippen LogP contribution in [0.1, 0.15) is 96.6 Å². The van der Waals surface area contributed by atoms with Crippen LogP contribution < -0.4 is 10.6 Å². The lowest BCUT2D eigenvalue weighted by atomic mass is 9.45. The number of benzene rings is 1. The summed E-state index contributed by atoms with van der Waals surface area (Å²) in [7, 11) is 2.11. The Bertz CT molecular complexity index is 1370. The number of hydrogen-bond donors (Lipinski definition) is 4. The molecule has 0 spiro atoms. The Morgan fingerprint density at radius 1 is 1.10 bits per heavy atom. The fourth-order valence-electron chi connectivity index (χ4n) is 9.65. The molecule has 9 nitrogen and oxygen atoms in total. The van der Waals surface area contributed by atoms with Crippen LogP contribution >= 0.6 is 0 Å². The molecular formula is C39H58N4O5. The quantitative estimate of drug-likeness (QED) is 0.313. The average molecular weight is 663 g/mol. The Hall–Kier alpha value is -2.48. The Kier molecular flexibility index (Phi) is 10.6. The van der Waals surface area contributed by atoms with Crippen LogP contribution in [0, 0.1) is 46.8 Å². The van der Waals surface area contributed by atoms with E-state index in [1.54, 1.807) is 12.0 Å². The second kappa shape index (κ2) is 14.4. The molecule has 0 radical (unpaired) electrons. The van der Waals surface area contributed by atoms with Gasteiger partial charge in [-0.3, -0.25) is 14.4 Å². The number of amides is 2. The van der Waals surface area contributed by atoms with Crippen molar-refractivity contribution >= 4 is 11.8 Å². The summed E-state index contributed by atoms with van der Waals surface area (Å²) in [5.41, 5.74) is 1.57. The van der Waals surface area contributed by atoms with Crippen molar-refractivity contribution in [3.8, 4) is 11.8 Å². The number of fused-ring (bicyclic) bond motifs is 2. The van der Waals surface area contributed by atoms with Gasteiger partial charge in [0, 0.05) is 23.4 Å². The summed E-state index contributed by atoms with van der Waals surface area (Å²) < 4.78 is 0. The number of nitrogens with one attached hydrogen (secondary N) is 2. The van der Waals surface area contributed by atoms with Gasteiger partial charge < -0.3 is 25.7 Å². The summed E-state index contributed by atoms with van der Waals surface area (Å²) in [4.78, 5) is 35.9. The molecule has 2 saturated heterocycles. The molecule has 4 aliphatic carbocycles. The van der Waals surface area contributed by atoms with Gasteiger partial charge >= 0.3 is 0 Å². The summed E-state index contributed by atoms with van der Waals surface area (Å²) in [5.74, 6) is 7.95. The Labute approximate surface area is 287 Å².